The van der Waals surface area contributed by atoms with Gasteiger partial charge in [0.25, 0.3) is 0 Å². The maximum Gasteiger partial charge on any atom is 0.150 e. The van der Waals surface area contributed by atoms with E-state index in [4.69, 9.17) is 0 Å². The third-order valence-corrected chi connectivity index (χ3v) is 2.72. The van der Waals surface area contributed by atoms with Gasteiger partial charge in [-0.25, -0.2) is 0 Å². The molecular formula is C15H26O. The Labute approximate surface area is 101 Å². The van der Waals surface area contributed by atoms with Crippen LogP contribution in [0.4, 0.5) is 0 Å². The lowest BCUT2D eigenvalue weighted by molar-refractivity contribution is -0.123. The molecule has 0 heterocycles. The summed E-state index contributed by atoms with van der Waals surface area (Å²) < 4.78 is 0. The molecule has 0 amide bonds. The standard InChI is InChI=1S/C15H26O/c1-5-6-7-8-9-10-11-12-14(4)15(16)13(2)3/h13-14H,5-10H2,1-4H3/t14-/m1/s1. The lowest BCUT2D eigenvalue weighted by Crippen LogP contribution is -2.15. The summed E-state index contributed by atoms with van der Waals surface area (Å²) in [5, 5.41) is 0. The van der Waals surface area contributed by atoms with Crippen LogP contribution < -0.4 is 0 Å². The van der Waals surface area contributed by atoms with Gasteiger partial charge in [-0.2, -0.15) is 0 Å². The molecule has 0 aliphatic carbocycles. The van der Waals surface area contributed by atoms with E-state index < -0.39 is 0 Å². The second-order valence-corrected chi connectivity index (χ2v) is 4.76. The number of ketones is 1. The molecule has 0 N–H and O–H groups in total. The maximum atomic E-state index is 11.5. The molecule has 92 valence electrons. The third kappa shape index (κ3) is 7.51. The molecule has 1 atom stereocenters. The van der Waals surface area contributed by atoms with Gasteiger partial charge in [0.2, 0.25) is 0 Å². The summed E-state index contributed by atoms with van der Waals surface area (Å²) in [6.07, 6.45) is 7.32. The van der Waals surface area contributed by atoms with Crippen molar-refractivity contribution in [2.75, 3.05) is 0 Å². The predicted octanol–water partition coefficient (Wildman–Crippen LogP) is 4.21. The van der Waals surface area contributed by atoms with Crippen LogP contribution in [0.15, 0.2) is 0 Å². The zero-order valence-electron chi connectivity index (χ0n) is 11.3. The highest BCUT2D eigenvalue weighted by molar-refractivity contribution is 5.84. The molecule has 0 rings (SSSR count). The molecule has 0 aliphatic heterocycles. The van der Waals surface area contributed by atoms with E-state index >= 15 is 0 Å². The highest BCUT2D eigenvalue weighted by Gasteiger charge is 2.13. The number of hydrogen-bond donors (Lipinski definition) is 0. The number of Topliss-reactive ketones (excluding diaryl/α,β-unsaturated/α-hetero) is 1. The fraction of sp³-hybridized carbons (Fsp3) is 0.800. The first kappa shape index (κ1) is 15.2. The summed E-state index contributed by atoms with van der Waals surface area (Å²) in [7, 11) is 0. The Hall–Kier alpha value is -0.770. The number of rotatable bonds is 7. The van der Waals surface area contributed by atoms with E-state index in [1.54, 1.807) is 0 Å². The number of carbonyl (C=O) groups excluding carboxylic acids is 1. The third-order valence-electron chi connectivity index (χ3n) is 2.72. The molecule has 0 fully saturated rings. The van der Waals surface area contributed by atoms with Gasteiger partial charge in [-0.15, -0.1) is 5.92 Å². The van der Waals surface area contributed by atoms with Crippen LogP contribution in [0.3, 0.4) is 0 Å². The molecule has 0 bridgehead atoms. The van der Waals surface area contributed by atoms with Crippen molar-refractivity contribution in [3.05, 3.63) is 0 Å². The van der Waals surface area contributed by atoms with Gasteiger partial charge in [0, 0.05) is 12.3 Å². The Morgan fingerprint density at radius 2 is 1.69 bits per heavy atom. The number of hydrogen-bond acceptors (Lipinski definition) is 1. The van der Waals surface area contributed by atoms with Gasteiger partial charge in [-0.1, -0.05) is 52.4 Å². The monoisotopic (exact) mass is 222 g/mol. The van der Waals surface area contributed by atoms with Crippen LogP contribution in [0.1, 0.15) is 66.2 Å². The highest BCUT2D eigenvalue weighted by Crippen LogP contribution is 2.06. The van der Waals surface area contributed by atoms with E-state index in [0.29, 0.717) is 0 Å². The highest BCUT2D eigenvalue weighted by atomic mass is 16.1. The minimum absolute atomic E-state index is 0.0874. The SMILES string of the molecule is CCCCCCCC#C[C@@H](C)C(=O)C(C)C. The van der Waals surface area contributed by atoms with Crippen LogP contribution in [-0.2, 0) is 4.79 Å². The van der Waals surface area contributed by atoms with Crippen LogP contribution >= 0.6 is 0 Å². The van der Waals surface area contributed by atoms with Gasteiger partial charge >= 0.3 is 0 Å². The predicted molar refractivity (Wildman–Crippen MR) is 70.2 cm³/mol. The Kier molecular flexibility index (Phi) is 9.00. The fourth-order valence-corrected chi connectivity index (χ4v) is 1.61. The van der Waals surface area contributed by atoms with Crippen molar-refractivity contribution in [2.24, 2.45) is 11.8 Å². The smallest absolute Gasteiger partial charge is 0.150 e. The summed E-state index contributed by atoms with van der Waals surface area (Å²) in [6, 6.07) is 0. The molecule has 0 aromatic heterocycles. The first-order valence-corrected chi connectivity index (χ1v) is 6.61. The Bertz CT molecular complexity index is 242. The molecular weight excluding hydrogens is 196 g/mol. The van der Waals surface area contributed by atoms with Gasteiger partial charge in [0.1, 0.15) is 5.78 Å². The Morgan fingerprint density at radius 3 is 2.25 bits per heavy atom. The van der Waals surface area contributed by atoms with Crippen LogP contribution in [0.25, 0.3) is 0 Å². The fourth-order valence-electron chi connectivity index (χ4n) is 1.61. The average molecular weight is 222 g/mol. The van der Waals surface area contributed by atoms with E-state index in [2.05, 4.69) is 18.8 Å². The molecule has 0 spiro atoms. The zero-order valence-corrected chi connectivity index (χ0v) is 11.3. The van der Waals surface area contributed by atoms with Crippen molar-refractivity contribution >= 4 is 5.78 Å². The van der Waals surface area contributed by atoms with Crippen molar-refractivity contribution < 1.29 is 4.79 Å². The van der Waals surface area contributed by atoms with Crippen molar-refractivity contribution in [3.8, 4) is 11.8 Å². The first-order chi connectivity index (χ1) is 7.59. The van der Waals surface area contributed by atoms with Crippen molar-refractivity contribution in [2.45, 2.75) is 66.2 Å². The quantitative estimate of drug-likeness (QED) is 0.466. The maximum absolute atomic E-state index is 11.5. The number of carbonyl (C=O) groups is 1. The van der Waals surface area contributed by atoms with Crippen LogP contribution in [0.5, 0.6) is 0 Å². The topological polar surface area (TPSA) is 17.1 Å². The summed E-state index contributed by atoms with van der Waals surface area (Å²) in [5.41, 5.74) is 0. The van der Waals surface area contributed by atoms with Gasteiger partial charge in [-0.3, -0.25) is 4.79 Å². The number of unbranched alkanes of at least 4 members (excludes halogenated alkanes) is 5. The molecule has 1 nitrogen and oxygen atoms in total. The van der Waals surface area contributed by atoms with E-state index in [9.17, 15) is 4.79 Å². The van der Waals surface area contributed by atoms with Crippen LogP contribution in [0.2, 0.25) is 0 Å². The summed E-state index contributed by atoms with van der Waals surface area (Å²) in [6.45, 7) is 8.00. The molecule has 0 saturated heterocycles. The second-order valence-electron chi connectivity index (χ2n) is 4.76. The normalized spacial score (nSPS) is 12.1. The largest absolute Gasteiger partial charge is 0.298 e. The van der Waals surface area contributed by atoms with E-state index in [0.717, 1.165) is 6.42 Å². The van der Waals surface area contributed by atoms with Crippen molar-refractivity contribution in [1.82, 2.24) is 0 Å². The Morgan fingerprint density at radius 1 is 1.06 bits per heavy atom. The minimum atomic E-state index is -0.0874. The van der Waals surface area contributed by atoms with Crippen molar-refractivity contribution in [3.63, 3.8) is 0 Å². The van der Waals surface area contributed by atoms with Gasteiger partial charge in [-0.05, 0) is 13.3 Å². The van der Waals surface area contributed by atoms with E-state index in [1.807, 2.05) is 20.8 Å². The molecule has 16 heavy (non-hydrogen) atoms. The average Bonchev–Trinajstić information content (AvgIpc) is 2.26. The molecule has 0 aliphatic rings. The molecule has 0 radical (unpaired) electrons. The second kappa shape index (κ2) is 9.46. The van der Waals surface area contributed by atoms with E-state index in [-0.39, 0.29) is 17.6 Å². The first-order valence-electron chi connectivity index (χ1n) is 6.61. The lowest BCUT2D eigenvalue weighted by atomic mass is 9.97. The Balaban J connectivity index is 3.64. The molecule has 1 heteroatoms. The molecule has 0 aromatic carbocycles. The lowest BCUT2D eigenvalue weighted by Gasteiger charge is -2.05. The summed E-state index contributed by atoms with van der Waals surface area (Å²) in [5.74, 6) is 6.46. The molecule has 0 saturated carbocycles. The molecule has 0 unspecified atom stereocenters. The zero-order chi connectivity index (χ0) is 12.4. The van der Waals surface area contributed by atoms with Crippen molar-refractivity contribution in [1.29, 1.82) is 0 Å². The van der Waals surface area contributed by atoms with Gasteiger partial charge in [0.15, 0.2) is 0 Å². The minimum Gasteiger partial charge on any atom is -0.298 e. The van der Waals surface area contributed by atoms with Crippen LogP contribution in [0, 0.1) is 23.7 Å². The van der Waals surface area contributed by atoms with Crippen LogP contribution in [-0.4, -0.2) is 5.78 Å². The summed E-state index contributed by atoms with van der Waals surface area (Å²) >= 11 is 0. The molecule has 0 aromatic rings. The van der Waals surface area contributed by atoms with Gasteiger partial charge < -0.3 is 0 Å². The van der Waals surface area contributed by atoms with Gasteiger partial charge in [0.05, 0.1) is 5.92 Å². The summed E-state index contributed by atoms with van der Waals surface area (Å²) in [4.78, 5) is 11.5. The van der Waals surface area contributed by atoms with E-state index in [1.165, 1.54) is 32.1 Å².